The largest absolute Gasteiger partial charge is 0.462 e. The topological polar surface area (TPSA) is 82.6 Å². The lowest BCUT2D eigenvalue weighted by molar-refractivity contribution is 0.264. The van der Waals surface area contributed by atoms with E-state index in [2.05, 4.69) is 61.1 Å². The van der Waals surface area contributed by atoms with Crippen molar-refractivity contribution in [3.63, 3.8) is 0 Å². The average Bonchev–Trinajstić information content (AvgIpc) is 3.15. The first kappa shape index (κ1) is 19.3. The van der Waals surface area contributed by atoms with Gasteiger partial charge in [0.05, 0.1) is 0 Å². The summed E-state index contributed by atoms with van der Waals surface area (Å²) in [7, 11) is 0. The van der Waals surface area contributed by atoms with Crippen LogP contribution < -0.4 is 10.5 Å². The van der Waals surface area contributed by atoms with Gasteiger partial charge in [-0.25, -0.2) is 15.0 Å². The van der Waals surface area contributed by atoms with Crippen LogP contribution in [-0.4, -0.2) is 22.6 Å². The minimum atomic E-state index is -0.760. The van der Waals surface area contributed by atoms with Crippen molar-refractivity contribution in [1.82, 2.24) is 9.97 Å². The third-order valence-electron chi connectivity index (χ3n) is 5.49. The Morgan fingerprint density at radius 2 is 1.68 bits per heavy atom. The number of fused-ring (bicyclic) bond motifs is 4. The van der Waals surface area contributed by atoms with Gasteiger partial charge in [-0.3, -0.25) is 0 Å². The van der Waals surface area contributed by atoms with Gasteiger partial charge in [0.15, 0.2) is 5.54 Å². The number of nitrogens with two attached hydrogens (primary N) is 1. The van der Waals surface area contributed by atoms with Crippen molar-refractivity contribution in [1.29, 1.82) is 0 Å². The fourth-order valence-corrected chi connectivity index (χ4v) is 3.95. The van der Waals surface area contributed by atoms with Gasteiger partial charge in [0.25, 0.3) is 6.02 Å². The Bertz CT molecular complexity index is 1210. The molecule has 2 aliphatic heterocycles. The van der Waals surface area contributed by atoms with Gasteiger partial charge in [0.1, 0.15) is 24.4 Å². The van der Waals surface area contributed by atoms with Crippen molar-refractivity contribution in [3.8, 4) is 22.6 Å². The van der Waals surface area contributed by atoms with Gasteiger partial charge < -0.3 is 15.2 Å². The monoisotopic (exact) mass is 412 g/mol. The Balaban J connectivity index is 1.67. The van der Waals surface area contributed by atoms with Crippen molar-refractivity contribution in [3.05, 3.63) is 77.9 Å². The molecule has 2 N–H and O–H groups in total. The molecule has 3 heterocycles. The molecule has 0 amide bonds. The Labute approximate surface area is 181 Å². The van der Waals surface area contributed by atoms with Crippen LogP contribution in [-0.2, 0) is 10.3 Å². The molecule has 156 valence electrons. The molecule has 1 spiro atoms. The summed E-state index contributed by atoms with van der Waals surface area (Å²) in [5, 5.41) is 0. The zero-order valence-electron chi connectivity index (χ0n) is 17.8. The van der Waals surface area contributed by atoms with E-state index in [-0.39, 0.29) is 11.4 Å². The van der Waals surface area contributed by atoms with E-state index in [1.54, 1.807) is 12.4 Å². The summed E-state index contributed by atoms with van der Waals surface area (Å²) in [5.41, 5.74) is 10.2. The highest BCUT2D eigenvalue weighted by Gasteiger charge is 2.47. The first-order valence-electron chi connectivity index (χ1n) is 10.2. The van der Waals surface area contributed by atoms with E-state index in [9.17, 15) is 0 Å². The van der Waals surface area contributed by atoms with Gasteiger partial charge in [0, 0.05) is 29.1 Å². The summed E-state index contributed by atoms with van der Waals surface area (Å²) in [6.07, 6.45) is 9.42. The molecule has 0 bridgehead atoms. The van der Waals surface area contributed by atoms with Crippen molar-refractivity contribution < 1.29 is 9.47 Å². The normalized spacial score (nSPS) is 19.5. The van der Waals surface area contributed by atoms with Crippen LogP contribution in [0.15, 0.2) is 66.2 Å². The van der Waals surface area contributed by atoms with Gasteiger partial charge >= 0.3 is 0 Å². The second kappa shape index (κ2) is 6.94. The minimum Gasteiger partial charge on any atom is -0.462 e. The smallest absolute Gasteiger partial charge is 0.283 e. The zero-order valence-corrected chi connectivity index (χ0v) is 17.8. The number of amidine groups is 1. The number of aromatic nitrogens is 2. The number of hydrogen-bond donors (Lipinski definition) is 1. The number of benzene rings is 2. The first-order valence-corrected chi connectivity index (χ1v) is 10.2. The zero-order chi connectivity index (χ0) is 21.6. The first-order chi connectivity index (χ1) is 14.8. The molecule has 2 aromatic carbocycles. The third-order valence-corrected chi connectivity index (χ3v) is 5.49. The Morgan fingerprint density at radius 1 is 0.968 bits per heavy atom. The lowest BCUT2D eigenvalue weighted by atomic mass is 9.80. The molecule has 6 nitrogen and oxygen atoms in total. The van der Waals surface area contributed by atoms with E-state index < -0.39 is 5.54 Å². The van der Waals surface area contributed by atoms with E-state index in [0.717, 1.165) is 39.3 Å². The van der Waals surface area contributed by atoms with E-state index in [1.807, 2.05) is 18.2 Å². The molecule has 31 heavy (non-hydrogen) atoms. The molecule has 0 fully saturated rings. The lowest BCUT2D eigenvalue weighted by Gasteiger charge is -2.34. The molecule has 1 atom stereocenters. The molecule has 0 saturated carbocycles. The van der Waals surface area contributed by atoms with E-state index in [0.29, 0.717) is 6.61 Å². The fourth-order valence-electron chi connectivity index (χ4n) is 3.95. The molecule has 0 saturated heterocycles. The Kier molecular flexibility index (Phi) is 4.32. The summed E-state index contributed by atoms with van der Waals surface area (Å²) in [6, 6.07) is 12.4. The van der Waals surface area contributed by atoms with Crippen LogP contribution in [0.4, 0.5) is 0 Å². The van der Waals surface area contributed by atoms with E-state index in [4.69, 9.17) is 20.2 Å². The summed E-state index contributed by atoms with van der Waals surface area (Å²) in [4.78, 5) is 13.1. The molecule has 1 unspecified atom stereocenters. The van der Waals surface area contributed by atoms with Gasteiger partial charge in [-0.1, -0.05) is 45.1 Å². The number of allylic oxidation sites excluding steroid dienone is 1. The fraction of sp³-hybridized carbons (Fsp3) is 0.240. The quantitative estimate of drug-likeness (QED) is 0.647. The summed E-state index contributed by atoms with van der Waals surface area (Å²) < 4.78 is 12.0. The van der Waals surface area contributed by atoms with Gasteiger partial charge in [-0.15, -0.1) is 0 Å². The number of rotatable bonds is 2. The van der Waals surface area contributed by atoms with E-state index >= 15 is 0 Å². The maximum Gasteiger partial charge on any atom is 0.283 e. The molecule has 5 rings (SSSR count). The van der Waals surface area contributed by atoms with Gasteiger partial charge in [-0.05, 0) is 40.8 Å². The number of aliphatic imine (C=N–C) groups is 1. The number of hydrogen-bond acceptors (Lipinski definition) is 6. The van der Waals surface area contributed by atoms with Crippen molar-refractivity contribution in [2.24, 2.45) is 16.1 Å². The van der Waals surface area contributed by atoms with Crippen LogP contribution in [0, 0.1) is 5.41 Å². The van der Waals surface area contributed by atoms with Crippen LogP contribution in [0.5, 0.6) is 11.5 Å². The summed E-state index contributed by atoms with van der Waals surface area (Å²) in [6.45, 7) is 6.84. The third kappa shape index (κ3) is 3.44. The van der Waals surface area contributed by atoms with Crippen molar-refractivity contribution in [2.45, 2.75) is 26.3 Å². The second-order valence-electron chi connectivity index (χ2n) is 8.99. The minimum absolute atomic E-state index is 0.0857. The summed E-state index contributed by atoms with van der Waals surface area (Å²) >= 11 is 0. The predicted molar refractivity (Wildman–Crippen MR) is 121 cm³/mol. The van der Waals surface area contributed by atoms with Crippen molar-refractivity contribution >= 4 is 12.1 Å². The number of ether oxygens (including phenoxy) is 2. The average molecular weight is 412 g/mol. The molecule has 6 heteroatoms. The highest BCUT2D eigenvalue weighted by Crippen LogP contribution is 2.51. The second-order valence-corrected chi connectivity index (χ2v) is 8.99. The molecule has 2 aliphatic rings. The molecule has 0 aliphatic carbocycles. The summed E-state index contributed by atoms with van der Waals surface area (Å²) in [5.74, 6) is 1.51. The SMILES string of the molecule is CC(C)(C)C=Cc1ccc2c(c1)C1(COC(N)=N1)c1cc(-c3cncnc3)ccc1O2. The van der Waals surface area contributed by atoms with Gasteiger partial charge in [0.2, 0.25) is 0 Å². The van der Waals surface area contributed by atoms with Crippen LogP contribution in [0.1, 0.15) is 37.5 Å². The Morgan fingerprint density at radius 3 is 2.35 bits per heavy atom. The van der Waals surface area contributed by atoms with Crippen LogP contribution in [0.25, 0.3) is 17.2 Å². The Hall–Kier alpha value is -3.67. The molecule has 1 aromatic heterocycles. The molecule has 3 aromatic rings. The molecular formula is C25H24N4O2. The number of nitrogens with zero attached hydrogens (tertiary/aromatic N) is 3. The molecular weight excluding hydrogens is 388 g/mol. The predicted octanol–water partition coefficient (Wildman–Crippen LogP) is 4.90. The lowest BCUT2D eigenvalue weighted by Crippen LogP contribution is -2.31. The van der Waals surface area contributed by atoms with Crippen LogP contribution in [0.2, 0.25) is 0 Å². The van der Waals surface area contributed by atoms with Crippen LogP contribution in [0.3, 0.4) is 0 Å². The highest BCUT2D eigenvalue weighted by molar-refractivity contribution is 5.78. The highest BCUT2D eigenvalue weighted by atomic mass is 16.5. The maximum absolute atomic E-state index is 6.27. The molecule has 0 radical (unpaired) electrons. The van der Waals surface area contributed by atoms with Crippen molar-refractivity contribution in [2.75, 3.05) is 6.61 Å². The van der Waals surface area contributed by atoms with Gasteiger partial charge in [-0.2, -0.15) is 0 Å². The maximum atomic E-state index is 6.27. The standard InChI is InChI=1S/C25H24N4O2/c1-24(2,3)9-8-16-4-6-21-19(10-16)25(14-30-23(26)29-25)20-11-17(5-7-22(20)31-21)18-12-27-15-28-13-18/h4-13,15H,14H2,1-3H3,(H2,26,29). The van der Waals surface area contributed by atoms with E-state index in [1.165, 1.54) is 6.33 Å². The van der Waals surface area contributed by atoms with Crippen LogP contribution >= 0.6 is 0 Å².